The summed E-state index contributed by atoms with van der Waals surface area (Å²) in [6.45, 7) is 13.8. The van der Waals surface area contributed by atoms with Gasteiger partial charge in [0.2, 0.25) is 0 Å². The molecule has 328 valence electrons. The molecule has 5 nitrogen and oxygen atoms in total. The predicted molar refractivity (Wildman–Crippen MR) is 281 cm³/mol. The zero-order valence-electron chi connectivity index (χ0n) is 41.8. The fraction of sp³-hybridized carbons (Fsp3) is 0.145. The van der Waals surface area contributed by atoms with Crippen LogP contribution in [0.3, 0.4) is 0 Å². The van der Waals surface area contributed by atoms with Crippen LogP contribution < -0.4 is 14.5 Å². The van der Waals surface area contributed by atoms with Crippen molar-refractivity contribution in [2.75, 3.05) is 16.5 Å². The molecule has 1 aliphatic rings. The van der Waals surface area contributed by atoms with Gasteiger partial charge in [0.15, 0.2) is 0 Å². The minimum atomic E-state index is -0.208. The molecule has 10 aromatic rings. The Morgan fingerprint density at radius 3 is 1.79 bits per heavy atom. The van der Waals surface area contributed by atoms with E-state index in [-0.39, 0.29) is 34.7 Å². The van der Waals surface area contributed by atoms with Crippen LogP contribution in [-0.4, -0.2) is 16.2 Å². The summed E-state index contributed by atoms with van der Waals surface area (Å²) >= 11 is 0. The minimum absolute atomic E-state index is 0.0430. The second kappa shape index (κ2) is 16.5. The summed E-state index contributed by atoms with van der Waals surface area (Å²) in [7, 11) is 0. The van der Waals surface area contributed by atoms with Crippen LogP contribution in [0.5, 0.6) is 11.5 Å². The Labute approximate surface area is 398 Å². The van der Waals surface area contributed by atoms with Gasteiger partial charge in [-0.05, 0) is 87.1 Å². The molecule has 0 spiro atoms. The monoisotopic (exact) mass is 873 g/mol. The number of hydrogen-bond acceptors (Lipinski definition) is 4. The van der Waals surface area contributed by atoms with E-state index in [1.54, 1.807) is 6.07 Å². The Morgan fingerprint density at radius 2 is 1.12 bits per heavy atom. The topological polar surface area (TPSA) is 33.5 Å². The van der Waals surface area contributed by atoms with Gasteiger partial charge in [0.25, 0.3) is 0 Å². The van der Waals surface area contributed by atoms with E-state index >= 15 is 0 Å². The first-order chi connectivity index (χ1) is 33.7. The highest BCUT2D eigenvalue weighted by Crippen LogP contribution is 2.50. The van der Waals surface area contributed by atoms with Gasteiger partial charge in [0.05, 0.1) is 32.2 Å². The van der Waals surface area contributed by atoms with Crippen LogP contribution >= 0.6 is 0 Å². The average Bonchev–Trinajstić information content (AvgIpc) is 3.92. The van der Waals surface area contributed by atoms with Gasteiger partial charge in [-0.2, -0.15) is 0 Å². The van der Waals surface area contributed by atoms with Crippen molar-refractivity contribution in [1.82, 2.24) is 9.55 Å². The zero-order valence-corrected chi connectivity index (χ0v) is 38.8. The highest BCUT2D eigenvalue weighted by atomic mass is 16.5. The maximum absolute atomic E-state index is 9.37. The number of para-hydroxylation sites is 4. The second-order valence-electron chi connectivity index (χ2n) is 19.5. The smallest absolute Gasteiger partial charge is 0.137 e. The van der Waals surface area contributed by atoms with Crippen molar-refractivity contribution in [2.24, 2.45) is 0 Å². The molecular formula is C62H54N4O. The molecule has 0 bridgehead atoms. The van der Waals surface area contributed by atoms with E-state index in [9.17, 15) is 4.11 Å². The van der Waals surface area contributed by atoms with Crippen LogP contribution in [0, 0.1) is 0 Å². The fourth-order valence-corrected chi connectivity index (χ4v) is 9.66. The zero-order chi connectivity index (χ0) is 48.5. The van der Waals surface area contributed by atoms with Gasteiger partial charge in [-0.15, -0.1) is 0 Å². The molecule has 0 fully saturated rings. The van der Waals surface area contributed by atoms with Crippen molar-refractivity contribution in [2.45, 2.75) is 52.4 Å². The van der Waals surface area contributed by atoms with Crippen molar-refractivity contribution in [3.63, 3.8) is 0 Å². The molecule has 3 heterocycles. The van der Waals surface area contributed by atoms with Crippen LogP contribution in [0.1, 0.15) is 56.8 Å². The SMILES string of the molecule is [2H]c1c(Oc2ccc3c4ccccc4n(-c4cc(C(C)(C)C)c(-c5ccc(C(C)(C)C)cc5)cn4)c3c2)cc(N2CN(c3c(-c4ccccc4)cccc3-c3ccccc3)c3ccccc32)c([2H])c1[2H]. The summed E-state index contributed by atoms with van der Waals surface area (Å²) in [6, 6.07) is 62.3. The first kappa shape index (κ1) is 38.4. The van der Waals surface area contributed by atoms with Crippen LogP contribution in [0.2, 0.25) is 0 Å². The van der Waals surface area contributed by atoms with E-state index in [1.807, 2.05) is 42.6 Å². The third-order valence-electron chi connectivity index (χ3n) is 13.0. The molecule has 0 saturated heterocycles. The number of aromatic nitrogens is 2. The molecule has 5 heteroatoms. The summed E-state index contributed by atoms with van der Waals surface area (Å²) in [5, 5.41) is 2.12. The predicted octanol–water partition coefficient (Wildman–Crippen LogP) is 16.8. The van der Waals surface area contributed by atoms with Crippen LogP contribution in [0.4, 0.5) is 22.7 Å². The number of rotatable bonds is 8. The molecule has 0 saturated carbocycles. The average molecular weight is 874 g/mol. The van der Waals surface area contributed by atoms with Gasteiger partial charge in [0, 0.05) is 51.5 Å². The summed E-state index contributed by atoms with van der Waals surface area (Å²) < 4.78 is 36.6. The van der Waals surface area contributed by atoms with Crippen LogP contribution in [-0.2, 0) is 10.8 Å². The van der Waals surface area contributed by atoms with Crippen molar-refractivity contribution in [1.29, 1.82) is 0 Å². The molecule has 2 aromatic heterocycles. The molecule has 0 radical (unpaired) electrons. The number of nitrogens with zero attached hydrogens (tertiary/aromatic N) is 4. The molecule has 67 heavy (non-hydrogen) atoms. The first-order valence-corrected chi connectivity index (χ1v) is 23.1. The lowest BCUT2D eigenvalue weighted by atomic mass is 9.81. The van der Waals surface area contributed by atoms with Crippen molar-refractivity contribution < 1.29 is 8.85 Å². The normalized spacial score (nSPS) is 13.4. The minimum Gasteiger partial charge on any atom is -0.457 e. The van der Waals surface area contributed by atoms with E-state index in [0.717, 1.165) is 78.1 Å². The van der Waals surface area contributed by atoms with Gasteiger partial charge in [0.1, 0.15) is 24.0 Å². The Morgan fingerprint density at radius 1 is 0.507 bits per heavy atom. The van der Waals surface area contributed by atoms with Gasteiger partial charge >= 0.3 is 0 Å². The molecule has 1 aliphatic heterocycles. The van der Waals surface area contributed by atoms with Gasteiger partial charge < -0.3 is 14.5 Å². The van der Waals surface area contributed by atoms with E-state index < -0.39 is 0 Å². The molecule has 11 rings (SSSR count). The third kappa shape index (κ3) is 7.70. The highest BCUT2D eigenvalue weighted by Gasteiger charge is 2.31. The molecule has 0 unspecified atom stereocenters. The van der Waals surface area contributed by atoms with E-state index in [4.69, 9.17) is 9.72 Å². The lowest BCUT2D eigenvalue weighted by Gasteiger charge is -2.27. The van der Waals surface area contributed by atoms with Crippen molar-refractivity contribution in [3.8, 4) is 50.7 Å². The second-order valence-corrected chi connectivity index (χ2v) is 19.5. The maximum atomic E-state index is 9.37. The third-order valence-corrected chi connectivity index (χ3v) is 13.0. The molecule has 0 atom stereocenters. The lowest BCUT2D eigenvalue weighted by molar-refractivity contribution is 0.483. The van der Waals surface area contributed by atoms with Crippen molar-refractivity contribution >= 4 is 44.6 Å². The fourth-order valence-electron chi connectivity index (χ4n) is 9.66. The molecular weight excluding hydrogens is 817 g/mol. The van der Waals surface area contributed by atoms with E-state index in [0.29, 0.717) is 18.1 Å². The van der Waals surface area contributed by atoms with Crippen LogP contribution in [0.25, 0.3) is 61.0 Å². The first-order valence-electron chi connectivity index (χ1n) is 24.6. The summed E-state index contributed by atoms with van der Waals surface area (Å²) in [5.41, 5.74) is 14.2. The largest absolute Gasteiger partial charge is 0.457 e. The summed E-state index contributed by atoms with van der Waals surface area (Å²) in [5.74, 6) is 1.49. The van der Waals surface area contributed by atoms with Gasteiger partial charge in [-0.25, -0.2) is 4.98 Å². The number of benzene rings is 8. The number of pyridine rings is 1. The number of anilines is 4. The molecule has 0 aliphatic carbocycles. The highest BCUT2D eigenvalue weighted by molar-refractivity contribution is 6.09. The Bertz CT molecular complexity index is 3550. The molecule has 0 N–H and O–H groups in total. The molecule has 8 aromatic carbocycles. The van der Waals surface area contributed by atoms with Gasteiger partial charge in [-0.3, -0.25) is 4.57 Å². The Hall–Kier alpha value is -7.89. The lowest BCUT2D eigenvalue weighted by Crippen LogP contribution is -2.24. The summed E-state index contributed by atoms with van der Waals surface area (Å²) in [6.07, 6.45) is 2.01. The maximum Gasteiger partial charge on any atom is 0.137 e. The van der Waals surface area contributed by atoms with E-state index in [1.165, 1.54) is 11.1 Å². The molecule has 0 amide bonds. The van der Waals surface area contributed by atoms with E-state index in [2.05, 4.69) is 195 Å². The summed E-state index contributed by atoms with van der Waals surface area (Å²) in [4.78, 5) is 9.55. The number of hydrogen-bond donors (Lipinski definition) is 0. The van der Waals surface area contributed by atoms with Gasteiger partial charge in [-0.1, -0.05) is 181 Å². The number of fused-ring (bicyclic) bond motifs is 4. The standard InChI is InChI=1S/C62H54N4O/c1-61(2,3)45-33-31-44(32-34-45)53-40-63-59(39-54(53)62(4,5)6)66-55-28-14-13-25-51(55)52-36-35-48(38-58(52)66)67-47-24-17-23-46(37-47)64-41-65(57-30-16-15-29-56(57)64)60-49(42-19-9-7-10-20-42)26-18-27-50(60)43-21-11-8-12-22-43/h7-40H,41H2,1-6H3/i17D,23D,24D. The Kier molecular flexibility index (Phi) is 9.46. The van der Waals surface area contributed by atoms with Crippen LogP contribution in [0.15, 0.2) is 206 Å². The van der Waals surface area contributed by atoms with Crippen molar-refractivity contribution in [3.05, 3.63) is 217 Å². The Balaban J connectivity index is 1.00. The number of ether oxygens (including phenoxy) is 1. The quantitative estimate of drug-likeness (QED) is 0.152.